The molecule has 1 amide bonds. The number of rotatable bonds is 7. The monoisotopic (exact) mass is 366 g/mol. The number of amides is 1. The van der Waals surface area contributed by atoms with Crippen LogP contribution in [0.25, 0.3) is 0 Å². The van der Waals surface area contributed by atoms with Crippen LogP contribution in [0.1, 0.15) is 23.8 Å². The molecule has 1 aromatic heterocycles. The summed E-state index contributed by atoms with van der Waals surface area (Å²) in [6.07, 6.45) is -1.84. The van der Waals surface area contributed by atoms with Crippen molar-refractivity contribution in [2.45, 2.75) is 25.2 Å². The van der Waals surface area contributed by atoms with E-state index in [0.717, 1.165) is 5.56 Å². The molecular weight excluding hydrogens is 348 g/mol. The van der Waals surface area contributed by atoms with Crippen LogP contribution in [-0.2, 0) is 11.3 Å². The second kappa shape index (κ2) is 9.16. The zero-order chi connectivity index (χ0) is 18.2. The number of hydrogen-bond donors (Lipinski definition) is 4. The standard InChI is InChI=1S/C16H19ClN4O4/c17-12-8-20-13(15(18)21-12)14(23)11(22)6-7-19-16(24)25-9-10-4-2-1-3-5-10/h1-5,8,11,14,22-23H,6-7,9H2,(H2,18,21)(H,19,24). The highest BCUT2D eigenvalue weighted by Gasteiger charge is 2.23. The maximum absolute atomic E-state index is 11.6. The van der Waals surface area contributed by atoms with Crippen LogP contribution in [0.5, 0.6) is 0 Å². The van der Waals surface area contributed by atoms with Gasteiger partial charge < -0.3 is 26.0 Å². The molecule has 0 aliphatic rings. The van der Waals surface area contributed by atoms with Gasteiger partial charge in [0.2, 0.25) is 0 Å². The lowest BCUT2D eigenvalue weighted by atomic mass is 10.1. The second-order valence-corrected chi connectivity index (χ2v) is 5.64. The molecule has 9 heteroatoms. The molecule has 0 radical (unpaired) electrons. The van der Waals surface area contributed by atoms with Gasteiger partial charge in [0.25, 0.3) is 0 Å². The van der Waals surface area contributed by atoms with E-state index in [0.29, 0.717) is 0 Å². The van der Waals surface area contributed by atoms with Crippen molar-refractivity contribution in [1.82, 2.24) is 15.3 Å². The summed E-state index contributed by atoms with van der Waals surface area (Å²) in [7, 11) is 0. The summed E-state index contributed by atoms with van der Waals surface area (Å²) < 4.78 is 5.04. The van der Waals surface area contributed by atoms with Crippen molar-refractivity contribution in [3.8, 4) is 0 Å². The summed E-state index contributed by atoms with van der Waals surface area (Å²) in [5.74, 6) is -0.0609. The average Bonchev–Trinajstić information content (AvgIpc) is 2.60. The van der Waals surface area contributed by atoms with Gasteiger partial charge in [-0.1, -0.05) is 41.9 Å². The highest BCUT2D eigenvalue weighted by molar-refractivity contribution is 6.29. The van der Waals surface area contributed by atoms with E-state index in [1.54, 1.807) is 0 Å². The smallest absolute Gasteiger partial charge is 0.407 e. The molecule has 0 saturated heterocycles. The zero-order valence-electron chi connectivity index (χ0n) is 13.3. The Morgan fingerprint density at radius 2 is 2.04 bits per heavy atom. The first-order valence-electron chi connectivity index (χ1n) is 7.56. The van der Waals surface area contributed by atoms with Gasteiger partial charge in [0.05, 0.1) is 12.3 Å². The minimum atomic E-state index is -1.34. The molecular formula is C16H19ClN4O4. The number of nitrogen functional groups attached to an aromatic ring is 1. The van der Waals surface area contributed by atoms with Crippen LogP contribution >= 0.6 is 11.6 Å². The second-order valence-electron chi connectivity index (χ2n) is 5.25. The van der Waals surface area contributed by atoms with Gasteiger partial charge in [0.15, 0.2) is 0 Å². The first kappa shape index (κ1) is 18.9. The molecule has 2 aromatic rings. The lowest BCUT2D eigenvalue weighted by Crippen LogP contribution is -2.30. The Kier molecular flexibility index (Phi) is 6.93. The number of nitrogens with zero attached hydrogens (tertiary/aromatic N) is 2. The molecule has 8 nitrogen and oxygen atoms in total. The van der Waals surface area contributed by atoms with Crippen molar-refractivity contribution in [1.29, 1.82) is 0 Å². The van der Waals surface area contributed by atoms with Crippen molar-refractivity contribution in [3.05, 3.63) is 52.9 Å². The molecule has 1 aromatic carbocycles. The maximum Gasteiger partial charge on any atom is 0.407 e. The Labute approximate surface area is 149 Å². The largest absolute Gasteiger partial charge is 0.445 e. The molecule has 0 saturated carbocycles. The first-order valence-corrected chi connectivity index (χ1v) is 7.93. The number of alkyl carbamates (subject to hydrolysis) is 1. The van der Waals surface area contributed by atoms with Gasteiger partial charge in [-0.2, -0.15) is 0 Å². The average molecular weight is 367 g/mol. The van der Waals surface area contributed by atoms with E-state index in [1.807, 2.05) is 30.3 Å². The number of hydrogen-bond acceptors (Lipinski definition) is 7. The molecule has 2 atom stereocenters. The number of aliphatic hydroxyl groups excluding tert-OH is 2. The molecule has 5 N–H and O–H groups in total. The van der Waals surface area contributed by atoms with Gasteiger partial charge in [0.1, 0.15) is 29.4 Å². The number of aliphatic hydroxyl groups is 2. The van der Waals surface area contributed by atoms with Gasteiger partial charge in [-0.3, -0.25) is 4.98 Å². The maximum atomic E-state index is 11.6. The normalized spacial score (nSPS) is 13.1. The fraction of sp³-hybridized carbons (Fsp3) is 0.312. The van der Waals surface area contributed by atoms with Gasteiger partial charge in [0, 0.05) is 6.54 Å². The van der Waals surface area contributed by atoms with Crippen LogP contribution in [0.3, 0.4) is 0 Å². The van der Waals surface area contributed by atoms with E-state index in [1.165, 1.54) is 6.20 Å². The minimum absolute atomic E-state index is 0.0311. The molecule has 134 valence electrons. The minimum Gasteiger partial charge on any atom is -0.445 e. The first-order chi connectivity index (χ1) is 12.0. The summed E-state index contributed by atoms with van der Waals surface area (Å²) in [4.78, 5) is 19.2. The summed E-state index contributed by atoms with van der Waals surface area (Å²) in [6, 6.07) is 9.24. The summed E-state index contributed by atoms with van der Waals surface area (Å²) >= 11 is 5.63. The Morgan fingerprint density at radius 1 is 1.32 bits per heavy atom. The molecule has 2 rings (SSSR count). The predicted octanol–water partition coefficient (Wildman–Crippen LogP) is 1.42. The van der Waals surface area contributed by atoms with E-state index in [4.69, 9.17) is 22.1 Å². The fourth-order valence-electron chi connectivity index (χ4n) is 2.05. The Hall–Kier alpha value is -2.42. The SMILES string of the molecule is Nc1nc(Cl)cnc1C(O)C(O)CCNC(=O)OCc1ccccc1. The van der Waals surface area contributed by atoms with Crippen molar-refractivity contribution >= 4 is 23.5 Å². The van der Waals surface area contributed by atoms with Crippen molar-refractivity contribution in [3.63, 3.8) is 0 Å². The van der Waals surface area contributed by atoms with Crippen molar-refractivity contribution < 1.29 is 19.7 Å². The highest BCUT2D eigenvalue weighted by atomic mass is 35.5. The van der Waals surface area contributed by atoms with Crippen LogP contribution in [0.2, 0.25) is 5.15 Å². The summed E-state index contributed by atoms with van der Waals surface area (Å²) in [5.41, 5.74) is 6.51. The van der Waals surface area contributed by atoms with Crippen LogP contribution in [0.4, 0.5) is 10.6 Å². The number of nitrogens with one attached hydrogen (secondary N) is 1. The van der Waals surface area contributed by atoms with Gasteiger partial charge in [-0.05, 0) is 12.0 Å². The Bertz CT molecular complexity index is 702. The molecule has 0 aliphatic carbocycles. The number of ether oxygens (including phenoxy) is 1. The van der Waals surface area contributed by atoms with E-state index >= 15 is 0 Å². The number of anilines is 1. The number of carbonyl (C=O) groups is 1. The lowest BCUT2D eigenvalue weighted by molar-refractivity contribution is 0.0114. The molecule has 1 heterocycles. The molecule has 0 bridgehead atoms. The summed E-state index contributed by atoms with van der Waals surface area (Å²) in [5, 5.41) is 22.6. The molecule has 0 spiro atoms. The fourth-order valence-corrected chi connectivity index (χ4v) is 2.19. The van der Waals surface area contributed by atoms with Crippen LogP contribution < -0.4 is 11.1 Å². The molecule has 2 unspecified atom stereocenters. The van der Waals surface area contributed by atoms with Gasteiger partial charge in [-0.15, -0.1) is 0 Å². The van der Waals surface area contributed by atoms with E-state index < -0.39 is 18.3 Å². The molecule has 25 heavy (non-hydrogen) atoms. The number of aromatic nitrogens is 2. The van der Waals surface area contributed by atoms with Gasteiger partial charge in [-0.25, -0.2) is 9.78 Å². The van der Waals surface area contributed by atoms with Crippen LogP contribution in [-0.4, -0.2) is 38.9 Å². The lowest BCUT2D eigenvalue weighted by Gasteiger charge is -2.18. The van der Waals surface area contributed by atoms with Crippen LogP contribution in [0, 0.1) is 0 Å². The van der Waals surface area contributed by atoms with Crippen LogP contribution in [0.15, 0.2) is 36.5 Å². The Morgan fingerprint density at radius 3 is 2.72 bits per heavy atom. The van der Waals surface area contributed by atoms with Crippen molar-refractivity contribution in [2.24, 2.45) is 0 Å². The zero-order valence-corrected chi connectivity index (χ0v) is 14.1. The number of nitrogens with two attached hydrogens (primary N) is 1. The summed E-state index contributed by atoms with van der Waals surface area (Å²) in [6.45, 7) is 0.252. The third-order valence-electron chi connectivity index (χ3n) is 3.37. The van der Waals surface area contributed by atoms with E-state index in [-0.39, 0.29) is 36.2 Å². The number of carbonyl (C=O) groups excluding carboxylic acids is 1. The number of benzene rings is 1. The highest BCUT2D eigenvalue weighted by Crippen LogP contribution is 2.22. The van der Waals surface area contributed by atoms with Gasteiger partial charge >= 0.3 is 6.09 Å². The topological polar surface area (TPSA) is 131 Å². The van der Waals surface area contributed by atoms with Crippen molar-refractivity contribution in [2.75, 3.05) is 12.3 Å². The third-order valence-corrected chi connectivity index (χ3v) is 3.55. The number of halogens is 1. The Balaban J connectivity index is 1.74. The van der Waals surface area contributed by atoms with E-state index in [9.17, 15) is 15.0 Å². The third kappa shape index (κ3) is 5.86. The molecule has 0 fully saturated rings. The predicted molar refractivity (Wildman–Crippen MR) is 91.7 cm³/mol. The molecule has 0 aliphatic heterocycles. The quantitative estimate of drug-likeness (QED) is 0.582. The van der Waals surface area contributed by atoms with E-state index in [2.05, 4.69) is 15.3 Å².